The molecule has 0 bridgehead atoms. The fourth-order valence-electron chi connectivity index (χ4n) is 3.19. The lowest BCUT2D eigenvalue weighted by atomic mass is 9.87. The highest BCUT2D eigenvalue weighted by Gasteiger charge is 2.27. The molecule has 1 aliphatic carbocycles. The van der Waals surface area contributed by atoms with E-state index in [1.807, 2.05) is 0 Å². The summed E-state index contributed by atoms with van der Waals surface area (Å²) in [5, 5.41) is 0. The number of piperidine rings is 1. The second kappa shape index (κ2) is 5.29. The van der Waals surface area contributed by atoms with E-state index >= 15 is 0 Å². The van der Waals surface area contributed by atoms with Gasteiger partial charge >= 0.3 is 0 Å². The Morgan fingerprint density at radius 3 is 2.53 bits per heavy atom. The standard InChI is InChI=1S/C13H24FN/c1-11-5-7-15(8-6-11)10-12-3-2-4-13(14)9-12/h11-13H,2-10H2,1H3/p+1. The first-order valence-electron chi connectivity index (χ1n) is 6.71. The van der Waals surface area contributed by atoms with Crippen LogP contribution < -0.4 is 4.90 Å². The molecular formula is C13H25FN+. The summed E-state index contributed by atoms with van der Waals surface area (Å²) in [7, 11) is 0. The Bertz CT molecular complexity index is 187. The third-order valence-corrected chi connectivity index (χ3v) is 4.28. The van der Waals surface area contributed by atoms with E-state index in [-0.39, 0.29) is 0 Å². The molecule has 0 aromatic rings. The molecule has 1 nitrogen and oxygen atoms in total. The lowest BCUT2D eigenvalue weighted by Crippen LogP contribution is -3.13. The predicted octanol–water partition coefficient (Wildman–Crippen LogP) is 1.83. The minimum Gasteiger partial charge on any atom is -0.335 e. The van der Waals surface area contributed by atoms with Crippen molar-refractivity contribution < 1.29 is 9.29 Å². The van der Waals surface area contributed by atoms with Gasteiger partial charge in [0.1, 0.15) is 6.17 Å². The summed E-state index contributed by atoms with van der Waals surface area (Å²) < 4.78 is 13.2. The number of alkyl halides is 1. The maximum absolute atomic E-state index is 13.2. The van der Waals surface area contributed by atoms with E-state index in [1.165, 1.54) is 38.9 Å². The van der Waals surface area contributed by atoms with E-state index < -0.39 is 6.17 Å². The van der Waals surface area contributed by atoms with Gasteiger partial charge in [-0.1, -0.05) is 13.3 Å². The van der Waals surface area contributed by atoms with Gasteiger partial charge in [-0.05, 0) is 38.0 Å². The van der Waals surface area contributed by atoms with E-state index in [0.717, 1.165) is 25.2 Å². The Morgan fingerprint density at radius 1 is 1.13 bits per heavy atom. The summed E-state index contributed by atoms with van der Waals surface area (Å²) in [5.41, 5.74) is 0. The van der Waals surface area contributed by atoms with Gasteiger partial charge in [0, 0.05) is 5.92 Å². The molecule has 0 amide bonds. The Morgan fingerprint density at radius 2 is 1.87 bits per heavy atom. The maximum atomic E-state index is 13.2. The van der Waals surface area contributed by atoms with Crippen molar-refractivity contribution >= 4 is 0 Å². The van der Waals surface area contributed by atoms with E-state index in [0.29, 0.717) is 5.92 Å². The molecule has 0 aromatic carbocycles. The second-order valence-electron chi connectivity index (χ2n) is 5.77. The van der Waals surface area contributed by atoms with Crippen molar-refractivity contribution in [1.29, 1.82) is 0 Å². The second-order valence-corrected chi connectivity index (χ2v) is 5.77. The summed E-state index contributed by atoms with van der Waals surface area (Å²) in [6.45, 7) is 6.26. The molecule has 2 atom stereocenters. The zero-order chi connectivity index (χ0) is 10.7. The minimum atomic E-state index is -0.494. The van der Waals surface area contributed by atoms with Crippen molar-refractivity contribution in [2.75, 3.05) is 19.6 Å². The van der Waals surface area contributed by atoms with Crippen LogP contribution in [0.1, 0.15) is 45.4 Å². The van der Waals surface area contributed by atoms with Crippen LogP contribution in [0.3, 0.4) is 0 Å². The highest BCUT2D eigenvalue weighted by atomic mass is 19.1. The lowest BCUT2D eigenvalue weighted by molar-refractivity contribution is -0.909. The quantitative estimate of drug-likeness (QED) is 0.715. The summed E-state index contributed by atoms with van der Waals surface area (Å²) in [5.74, 6) is 1.60. The van der Waals surface area contributed by atoms with Crippen LogP contribution in [0.4, 0.5) is 4.39 Å². The Kier molecular flexibility index (Phi) is 4.01. The molecular weight excluding hydrogens is 189 g/mol. The third-order valence-electron chi connectivity index (χ3n) is 4.28. The molecule has 2 rings (SSSR count). The van der Waals surface area contributed by atoms with Crippen LogP contribution in [0.25, 0.3) is 0 Å². The van der Waals surface area contributed by atoms with Crippen LogP contribution in [0.2, 0.25) is 0 Å². The maximum Gasteiger partial charge on any atom is 0.101 e. The molecule has 88 valence electrons. The van der Waals surface area contributed by atoms with Gasteiger partial charge in [-0.2, -0.15) is 0 Å². The minimum absolute atomic E-state index is 0.494. The molecule has 1 heterocycles. The van der Waals surface area contributed by atoms with Crippen molar-refractivity contribution in [3.8, 4) is 0 Å². The number of hydrogen-bond donors (Lipinski definition) is 1. The largest absolute Gasteiger partial charge is 0.335 e. The fraction of sp³-hybridized carbons (Fsp3) is 1.00. The molecule has 1 saturated carbocycles. The van der Waals surface area contributed by atoms with Crippen molar-refractivity contribution in [1.82, 2.24) is 0 Å². The monoisotopic (exact) mass is 214 g/mol. The third kappa shape index (κ3) is 3.44. The lowest BCUT2D eigenvalue weighted by Gasteiger charge is -2.32. The number of rotatable bonds is 2. The van der Waals surface area contributed by atoms with Crippen LogP contribution >= 0.6 is 0 Å². The Hall–Kier alpha value is -0.110. The van der Waals surface area contributed by atoms with Crippen molar-refractivity contribution in [2.45, 2.75) is 51.6 Å². The van der Waals surface area contributed by atoms with Crippen molar-refractivity contribution in [3.63, 3.8) is 0 Å². The van der Waals surface area contributed by atoms with Crippen molar-refractivity contribution in [3.05, 3.63) is 0 Å². The topological polar surface area (TPSA) is 4.44 Å². The molecule has 2 fully saturated rings. The van der Waals surface area contributed by atoms with Crippen LogP contribution in [-0.2, 0) is 0 Å². The number of nitrogens with one attached hydrogen (secondary N) is 1. The first-order valence-corrected chi connectivity index (χ1v) is 6.71. The summed E-state index contributed by atoms with van der Waals surface area (Å²) >= 11 is 0. The normalized spacial score (nSPS) is 42.8. The fourth-order valence-corrected chi connectivity index (χ4v) is 3.19. The Labute approximate surface area is 93.0 Å². The van der Waals surface area contributed by atoms with Crippen molar-refractivity contribution in [2.24, 2.45) is 11.8 Å². The van der Waals surface area contributed by atoms with Gasteiger partial charge in [0.15, 0.2) is 0 Å². The molecule has 1 aliphatic heterocycles. The summed E-state index contributed by atoms with van der Waals surface area (Å²) in [6, 6.07) is 0. The van der Waals surface area contributed by atoms with Crippen LogP contribution in [0, 0.1) is 11.8 Å². The molecule has 1 saturated heterocycles. The first kappa shape index (κ1) is 11.4. The average Bonchev–Trinajstić information content (AvgIpc) is 2.22. The average molecular weight is 214 g/mol. The van der Waals surface area contributed by atoms with E-state index in [2.05, 4.69) is 6.92 Å². The number of halogens is 1. The molecule has 1 N–H and O–H groups in total. The molecule has 15 heavy (non-hydrogen) atoms. The van der Waals surface area contributed by atoms with Gasteiger partial charge in [-0.3, -0.25) is 0 Å². The summed E-state index contributed by atoms with van der Waals surface area (Å²) in [6.07, 6.45) is 6.32. The van der Waals surface area contributed by atoms with E-state index in [4.69, 9.17) is 0 Å². The van der Waals surface area contributed by atoms with E-state index in [1.54, 1.807) is 4.90 Å². The van der Waals surface area contributed by atoms with Crippen LogP contribution in [-0.4, -0.2) is 25.8 Å². The first-order chi connectivity index (χ1) is 7.24. The molecule has 0 aromatic heterocycles. The zero-order valence-electron chi connectivity index (χ0n) is 9.97. The van der Waals surface area contributed by atoms with Gasteiger partial charge in [0.2, 0.25) is 0 Å². The SMILES string of the molecule is CC1CC[NH+](CC2CCCC(F)C2)CC1. The number of likely N-dealkylation sites (tertiary alicyclic amines) is 1. The van der Waals surface area contributed by atoms with Gasteiger partial charge in [0.25, 0.3) is 0 Å². The van der Waals surface area contributed by atoms with Gasteiger partial charge < -0.3 is 4.90 Å². The van der Waals surface area contributed by atoms with Crippen LogP contribution in [0.5, 0.6) is 0 Å². The number of hydrogen-bond acceptors (Lipinski definition) is 0. The van der Waals surface area contributed by atoms with Crippen LogP contribution in [0.15, 0.2) is 0 Å². The molecule has 2 unspecified atom stereocenters. The molecule has 2 aliphatic rings. The van der Waals surface area contributed by atoms with Gasteiger partial charge in [-0.25, -0.2) is 4.39 Å². The van der Waals surface area contributed by atoms with E-state index in [9.17, 15) is 4.39 Å². The molecule has 2 heteroatoms. The zero-order valence-corrected chi connectivity index (χ0v) is 9.97. The summed E-state index contributed by atoms with van der Waals surface area (Å²) in [4.78, 5) is 1.74. The highest BCUT2D eigenvalue weighted by Crippen LogP contribution is 2.25. The van der Waals surface area contributed by atoms with Gasteiger partial charge in [-0.15, -0.1) is 0 Å². The Balaban J connectivity index is 1.71. The highest BCUT2D eigenvalue weighted by molar-refractivity contribution is 4.72. The predicted molar refractivity (Wildman–Crippen MR) is 60.8 cm³/mol. The smallest absolute Gasteiger partial charge is 0.101 e. The number of quaternary nitrogens is 1. The molecule has 0 radical (unpaired) electrons. The van der Waals surface area contributed by atoms with Gasteiger partial charge in [0.05, 0.1) is 19.6 Å². The molecule has 0 spiro atoms.